The molecule has 1 heterocycles. The molecule has 0 aromatic rings. The van der Waals surface area contributed by atoms with Gasteiger partial charge in [-0.05, 0) is 6.42 Å². The molecule has 0 radical (unpaired) electrons. The first-order valence-electron chi connectivity index (χ1n) is 10.1. The average Bonchev–Trinajstić information content (AvgIpc) is 2.92. The predicted octanol–water partition coefficient (Wildman–Crippen LogP) is 1.10. The highest BCUT2D eigenvalue weighted by Crippen LogP contribution is 2.39. The molecule has 174 valence electrons. The minimum atomic E-state index is -5.17. The maximum Gasteiger partial charge on any atom is 0.470 e. The fourth-order valence-corrected chi connectivity index (χ4v) is 3.44. The molecule has 1 aliphatic heterocycles. The summed E-state index contributed by atoms with van der Waals surface area (Å²) in [5.74, 6) is -3.53. The summed E-state index contributed by atoms with van der Waals surface area (Å²) in [6.45, 7) is 2.16. The second-order valence-electron chi connectivity index (χ2n) is 7.19. The third-order valence-corrected chi connectivity index (χ3v) is 5.06. The van der Waals surface area contributed by atoms with Crippen molar-refractivity contribution in [1.82, 2.24) is 0 Å². The van der Waals surface area contributed by atoms with Gasteiger partial charge in [-0.25, -0.2) is 9.36 Å². The van der Waals surface area contributed by atoms with Gasteiger partial charge in [-0.15, -0.1) is 0 Å². The smallest absolute Gasteiger partial charge is 0.449 e. The molecule has 12 heteroatoms. The van der Waals surface area contributed by atoms with E-state index in [2.05, 4.69) is 20.9 Å². The number of phosphoric ester groups is 1. The molecule has 4 N–H and O–H groups in total. The van der Waals surface area contributed by atoms with Crippen LogP contribution in [-0.2, 0) is 32.9 Å². The largest absolute Gasteiger partial charge is 0.470 e. The van der Waals surface area contributed by atoms with Crippen LogP contribution in [0.15, 0.2) is 0 Å². The van der Waals surface area contributed by atoms with Crippen LogP contribution >= 0.6 is 7.82 Å². The number of rotatable bonds is 15. The van der Waals surface area contributed by atoms with Gasteiger partial charge in [-0.1, -0.05) is 58.3 Å². The molecule has 0 spiro atoms. The average molecular weight is 454 g/mol. The predicted molar refractivity (Wildman–Crippen MR) is 102 cm³/mol. The Balaban J connectivity index is 2.31. The molecule has 1 fully saturated rings. The second kappa shape index (κ2) is 13.1. The van der Waals surface area contributed by atoms with Crippen molar-refractivity contribution >= 4 is 25.5 Å². The standard InChI is InChI=1S/C18H31O11P/c1-2-3-4-5-6-7-8-9-10-11-12(19)27-17(22)14(21)15-13(20)16(18(23)28-15)29-30(24,25)26/h14-17,21-22H,2-11H2,1H3,(H2,24,25,26)/t14-,15+,16?,17?/m1/s1. The number of carbonyl (C=O) groups is 3. The summed E-state index contributed by atoms with van der Waals surface area (Å²) >= 11 is 0. The fraction of sp³-hybridized carbons (Fsp3) is 0.833. The molecule has 1 rings (SSSR count). The van der Waals surface area contributed by atoms with Crippen LogP contribution in [0, 0.1) is 0 Å². The summed E-state index contributed by atoms with van der Waals surface area (Å²) in [5.41, 5.74) is 0. The third kappa shape index (κ3) is 9.63. The number of aliphatic hydroxyl groups excluding tert-OH is 2. The zero-order valence-electron chi connectivity index (χ0n) is 17.0. The molecule has 0 aromatic carbocycles. The lowest BCUT2D eigenvalue weighted by atomic mass is 10.1. The first kappa shape index (κ1) is 26.7. The number of hydrogen-bond acceptors (Lipinski definition) is 9. The molecule has 11 nitrogen and oxygen atoms in total. The van der Waals surface area contributed by atoms with Crippen LogP contribution in [0.3, 0.4) is 0 Å². The van der Waals surface area contributed by atoms with E-state index in [1.54, 1.807) is 0 Å². The number of esters is 2. The summed E-state index contributed by atoms with van der Waals surface area (Å²) in [7, 11) is -5.17. The highest BCUT2D eigenvalue weighted by molar-refractivity contribution is 7.46. The summed E-state index contributed by atoms with van der Waals surface area (Å²) in [4.78, 5) is 52.6. The monoisotopic (exact) mass is 454 g/mol. The number of Topliss-reactive ketones (excluding diaryl/α,β-unsaturated/α-hetero) is 1. The van der Waals surface area contributed by atoms with E-state index in [0.29, 0.717) is 6.42 Å². The van der Waals surface area contributed by atoms with Crippen molar-refractivity contribution in [1.29, 1.82) is 0 Å². The van der Waals surface area contributed by atoms with Crippen molar-refractivity contribution in [2.24, 2.45) is 0 Å². The Morgan fingerprint density at radius 3 is 2.10 bits per heavy atom. The Morgan fingerprint density at radius 1 is 1.03 bits per heavy atom. The van der Waals surface area contributed by atoms with E-state index in [-0.39, 0.29) is 6.42 Å². The van der Waals surface area contributed by atoms with Gasteiger partial charge in [0, 0.05) is 6.42 Å². The van der Waals surface area contributed by atoms with Crippen LogP contribution in [0.5, 0.6) is 0 Å². The molecule has 0 aromatic heterocycles. The second-order valence-corrected chi connectivity index (χ2v) is 8.38. The van der Waals surface area contributed by atoms with Gasteiger partial charge in [-0.2, -0.15) is 0 Å². The number of aliphatic hydroxyl groups is 2. The van der Waals surface area contributed by atoms with E-state index in [4.69, 9.17) is 9.79 Å². The SMILES string of the molecule is CCCCCCCCCCCC(=O)OC(O)[C@H](O)[C@H]1OC(=O)C(OP(=O)(O)O)C1=O. The number of phosphoric acid groups is 1. The number of carbonyl (C=O) groups excluding carboxylic acids is 3. The molecule has 1 aliphatic rings. The van der Waals surface area contributed by atoms with Crippen LogP contribution in [0.25, 0.3) is 0 Å². The van der Waals surface area contributed by atoms with E-state index >= 15 is 0 Å². The lowest BCUT2D eigenvalue weighted by Gasteiger charge is -2.21. The number of unbranched alkanes of at least 4 members (excludes halogenated alkanes) is 8. The molecular weight excluding hydrogens is 423 g/mol. The van der Waals surface area contributed by atoms with E-state index in [9.17, 15) is 29.2 Å². The zero-order chi connectivity index (χ0) is 22.7. The summed E-state index contributed by atoms with van der Waals surface area (Å²) in [5, 5.41) is 19.7. The Kier molecular flexibility index (Phi) is 11.7. The van der Waals surface area contributed by atoms with Gasteiger partial charge in [0.25, 0.3) is 0 Å². The fourth-order valence-electron chi connectivity index (χ4n) is 2.97. The van der Waals surface area contributed by atoms with Gasteiger partial charge in [0.1, 0.15) is 0 Å². The van der Waals surface area contributed by atoms with E-state index in [1.807, 2.05) is 0 Å². The lowest BCUT2D eigenvalue weighted by molar-refractivity contribution is -0.201. The van der Waals surface area contributed by atoms with E-state index in [0.717, 1.165) is 25.7 Å². The van der Waals surface area contributed by atoms with Gasteiger partial charge in [0.2, 0.25) is 18.2 Å². The lowest BCUT2D eigenvalue weighted by Crippen LogP contribution is -2.44. The number of cyclic esters (lactones) is 1. The molecule has 2 unspecified atom stereocenters. The summed E-state index contributed by atoms with van der Waals surface area (Å²) in [6, 6.07) is 0. The zero-order valence-corrected chi connectivity index (χ0v) is 17.9. The maximum atomic E-state index is 12.0. The van der Waals surface area contributed by atoms with Crippen molar-refractivity contribution in [3.63, 3.8) is 0 Å². The van der Waals surface area contributed by atoms with Gasteiger partial charge in [0.05, 0.1) is 0 Å². The van der Waals surface area contributed by atoms with Crippen LogP contribution in [0.2, 0.25) is 0 Å². The maximum absolute atomic E-state index is 12.0. The third-order valence-electron chi connectivity index (χ3n) is 4.58. The Bertz CT molecular complexity index is 617. The van der Waals surface area contributed by atoms with Crippen LogP contribution < -0.4 is 0 Å². The van der Waals surface area contributed by atoms with Crippen molar-refractivity contribution < 1.29 is 52.9 Å². The number of ketones is 1. The highest BCUT2D eigenvalue weighted by atomic mass is 31.2. The summed E-state index contributed by atoms with van der Waals surface area (Å²) in [6.07, 6.45) is 0.894. The minimum Gasteiger partial charge on any atom is -0.449 e. The van der Waals surface area contributed by atoms with Gasteiger partial charge in [-0.3, -0.25) is 14.1 Å². The molecule has 0 aliphatic carbocycles. The van der Waals surface area contributed by atoms with Crippen LogP contribution in [-0.4, -0.2) is 62.3 Å². The van der Waals surface area contributed by atoms with Crippen molar-refractivity contribution in [3.8, 4) is 0 Å². The van der Waals surface area contributed by atoms with Gasteiger partial charge < -0.3 is 29.5 Å². The molecule has 0 amide bonds. The van der Waals surface area contributed by atoms with Crippen LogP contribution in [0.4, 0.5) is 0 Å². The minimum absolute atomic E-state index is 0.00194. The van der Waals surface area contributed by atoms with Gasteiger partial charge >= 0.3 is 19.8 Å². The Hall–Kier alpha value is -1.36. The topological polar surface area (TPSA) is 177 Å². The quantitative estimate of drug-likeness (QED) is 0.0916. The van der Waals surface area contributed by atoms with Crippen molar-refractivity contribution in [2.45, 2.75) is 95.7 Å². The van der Waals surface area contributed by atoms with Crippen LogP contribution in [0.1, 0.15) is 71.1 Å². The Labute approximate surface area is 174 Å². The van der Waals surface area contributed by atoms with Gasteiger partial charge in [0.15, 0.2) is 12.2 Å². The molecule has 0 saturated carbocycles. The number of hydrogen-bond donors (Lipinski definition) is 4. The summed E-state index contributed by atoms with van der Waals surface area (Å²) < 4.78 is 24.0. The molecule has 4 atom stereocenters. The molecule has 1 saturated heterocycles. The van der Waals surface area contributed by atoms with E-state index in [1.165, 1.54) is 25.7 Å². The normalized spacial score (nSPS) is 21.4. The number of ether oxygens (including phenoxy) is 2. The van der Waals surface area contributed by atoms with Crippen molar-refractivity contribution in [3.05, 3.63) is 0 Å². The van der Waals surface area contributed by atoms with E-state index < -0.39 is 50.1 Å². The first-order valence-corrected chi connectivity index (χ1v) is 11.6. The molecule has 0 bridgehead atoms. The molecular formula is C18H31O11P. The first-order chi connectivity index (χ1) is 14.1. The van der Waals surface area contributed by atoms with Crippen molar-refractivity contribution in [2.75, 3.05) is 0 Å². The Morgan fingerprint density at radius 2 is 1.57 bits per heavy atom. The highest BCUT2D eigenvalue weighted by Gasteiger charge is 2.52. The molecule has 30 heavy (non-hydrogen) atoms.